The first-order valence-electron chi connectivity index (χ1n) is 5.83. The summed E-state index contributed by atoms with van der Waals surface area (Å²) in [6.45, 7) is 4.45. The lowest BCUT2D eigenvalue weighted by atomic mass is 10.2. The highest BCUT2D eigenvalue weighted by Gasteiger charge is 2.31. The largest absolute Gasteiger partial charge is 0.354 e. The van der Waals surface area contributed by atoms with Crippen molar-refractivity contribution < 1.29 is 18.0 Å². The molecule has 0 radical (unpaired) electrons. The van der Waals surface area contributed by atoms with E-state index in [1.165, 1.54) is 40.0 Å². The van der Waals surface area contributed by atoms with E-state index < -0.39 is 20.7 Å². The van der Waals surface area contributed by atoms with Gasteiger partial charge in [-0.05, 0) is 32.9 Å². The van der Waals surface area contributed by atoms with Crippen LogP contribution in [0.5, 0.6) is 0 Å². The fourth-order valence-electron chi connectivity index (χ4n) is 1.12. The molecule has 0 aliphatic rings. The molecule has 1 heterocycles. The maximum absolute atomic E-state index is 11.8. The molecule has 0 aliphatic heterocycles. The summed E-state index contributed by atoms with van der Waals surface area (Å²) < 4.78 is 24.6. The van der Waals surface area contributed by atoms with Crippen LogP contribution in [0.1, 0.15) is 41.6 Å². The first-order valence-corrected chi connectivity index (χ1v) is 7.31. The van der Waals surface area contributed by atoms with Crippen LogP contribution in [-0.2, 0) is 10.0 Å². The minimum atomic E-state index is -3.78. The molecule has 0 atom stereocenters. The van der Waals surface area contributed by atoms with E-state index in [1.54, 1.807) is 0 Å². The number of amides is 2. The molecule has 0 saturated carbocycles. The SMILES string of the molecule is CNC(=O)c1ccc(C(=O)NS(=O)(=O)C(C)(C)C)cn1. The molecule has 0 aromatic carbocycles. The Morgan fingerprint density at radius 3 is 2.15 bits per heavy atom. The van der Waals surface area contributed by atoms with Gasteiger partial charge in [-0.1, -0.05) is 0 Å². The Bertz CT molecular complexity index is 615. The molecule has 20 heavy (non-hydrogen) atoms. The van der Waals surface area contributed by atoms with E-state index in [9.17, 15) is 18.0 Å². The third-order valence-corrected chi connectivity index (χ3v) is 4.59. The summed E-state index contributed by atoms with van der Waals surface area (Å²) in [4.78, 5) is 26.9. The Morgan fingerprint density at radius 2 is 1.75 bits per heavy atom. The normalized spacial score (nSPS) is 11.8. The number of carbonyl (C=O) groups excluding carboxylic acids is 2. The van der Waals surface area contributed by atoms with Gasteiger partial charge in [0.2, 0.25) is 10.0 Å². The molecule has 0 fully saturated rings. The van der Waals surface area contributed by atoms with E-state index in [-0.39, 0.29) is 17.2 Å². The monoisotopic (exact) mass is 299 g/mol. The Labute approximate surface area is 117 Å². The van der Waals surface area contributed by atoms with Crippen LogP contribution in [0.2, 0.25) is 0 Å². The number of hydrogen-bond acceptors (Lipinski definition) is 5. The standard InChI is InChI=1S/C12H17N3O4S/c1-12(2,3)20(18,19)15-10(16)8-5-6-9(14-7-8)11(17)13-4/h5-7H,1-4H3,(H,13,17)(H,15,16). The van der Waals surface area contributed by atoms with Gasteiger partial charge in [-0.2, -0.15) is 0 Å². The molecule has 0 bridgehead atoms. The molecular weight excluding hydrogens is 282 g/mol. The van der Waals surface area contributed by atoms with Gasteiger partial charge in [-0.15, -0.1) is 0 Å². The average molecular weight is 299 g/mol. The minimum absolute atomic E-state index is 0.0606. The molecule has 0 spiro atoms. The molecule has 7 nitrogen and oxygen atoms in total. The topological polar surface area (TPSA) is 105 Å². The number of sulfonamides is 1. The van der Waals surface area contributed by atoms with Crippen molar-refractivity contribution in [2.45, 2.75) is 25.5 Å². The molecule has 2 N–H and O–H groups in total. The van der Waals surface area contributed by atoms with Gasteiger partial charge < -0.3 is 5.32 Å². The Morgan fingerprint density at radius 1 is 1.15 bits per heavy atom. The van der Waals surface area contributed by atoms with Crippen molar-refractivity contribution in [3.8, 4) is 0 Å². The van der Waals surface area contributed by atoms with Crippen molar-refractivity contribution in [2.75, 3.05) is 7.05 Å². The smallest absolute Gasteiger partial charge is 0.269 e. The number of aromatic nitrogens is 1. The number of pyridine rings is 1. The summed E-state index contributed by atoms with van der Waals surface area (Å²) in [7, 11) is -2.32. The van der Waals surface area contributed by atoms with E-state index >= 15 is 0 Å². The number of carbonyl (C=O) groups is 2. The van der Waals surface area contributed by atoms with Crippen LogP contribution < -0.4 is 10.0 Å². The van der Waals surface area contributed by atoms with E-state index in [0.29, 0.717) is 0 Å². The van der Waals surface area contributed by atoms with Crippen LogP contribution in [0.4, 0.5) is 0 Å². The lowest BCUT2D eigenvalue weighted by Crippen LogP contribution is -2.42. The third kappa shape index (κ3) is 3.53. The molecule has 0 unspecified atom stereocenters. The zero-order valence-corrected chi connectivity index (χ0v) is 12.5. The van der Waals surface area contributed by atoms with Crippen molar-refractivity contribution >= 4 is 21.8 Å². The second-order valence-electron chi connectivity index (χ2n) is 5.06. The number of nitrogens with one attached hydrogen (secondary N) is 2. The van der Waals surface area contributed by atoms with Gasteiger partial charge in [0.15, 0.2) is 0 Å². The van der Waals surface area contributed by atoms with Crippen LogP contribution in [0, 0.1) is 0 Å². The predicted molar refractivity (Wildman–Crippen MR) is 73.8 cm³/mol. The first kappa shape index (κ1) is 16.1. The number of rotatable bonds is 3. The summed E-state index contributed by atoms with van der Waals surface area (Å²) in [5, 5.41) is 2.39. The molecule has 2 amide bonds. The maximum atomic E-state index is 11.8. The van der Waals surface area contributed by atoms with E-state index in [1.807, 2.05) is 4.72 Å². The molecule has 110 valence electrons. The number of nitrogens with zero attached hydrogens (tertiary/aromatic N) is 1. The molecule has 0 aliphatic carbocycles. The van der Waals surface area contributed by atoms with Crippen LogP contribution in [0.15, 0.2) is 18.3 Å². The lowest BCUT2D eigenvalue weighted by Gasteiger charge is -2.19. The predicted octanol–water partition coefficient (Wildman–Crippen LogP) is 0.299. The fourth-order valence-corrected chi connectivity index (χ4v) is 1.79. The fraction of sp³-hybridized carbons (Fsp3) is 0.417. The van der Waals surface area contributed by atoms with Gasteiger partial charge in [0.25, 0.3) is 11.8 Å². The van der Waals surface area contributed by atoms with Crippen molar-refractivity contribution in [3.05, 3.63) is 29.6 Å². The van der Waals surface area contributed by atoms with Gasteiger partial charge in [-0.25, -0.2) is 13.1 Å². The molecular formula is C12H17N3O4S. The minimum Gasteiger partial charge on any atom is -0.354 e. The highest BCUT2D eigenvalue weighted by Crippen LogP contribution is 2.13. The highest BCUT2D eigenvalue weighted by molar-refractivity contribution is 7.91. The average Bonchev–Trinajstić information content (AvgIpc) is 2.36. The second-order valence-corrected chi connectivity index (χ2v) is 7.49. The summed E-state index contributed by atoms with van der Waals surface area (Å²) in [6, 6.07) is 2.68. The van der Waals surface area contributed by atoms with Crippen LogP contribution in [0.3, 0.4) is 0 Å². The van der Waals surface area contributed by atoms with Gasteiger partial charge in [0.1, 0.15) is 5.69 Å². The quantitative estimate of drug-likeness (QED) is 0.835. The lowest BCUT2D eigenvalue weighted by molar-refractivity contribution is 0.0952. The van der Waals surface area contributed by atoms with Crippen LogP contribution >= 0.6 is 0 Å². The molecule has 1 rings (SSSR count). The van der Waals surface area contributed by atoms with E-state index in [0.717, 1.165) is 6.20 Å². The number of hydrogen-bond donors (Lipinski definition) is 2. The summed E-state index contributed by atoms with van der Waals surface area (Å²) >= 11 is 0. The van der Waals surface area contributed by atoms with Crippen molar-refractivity contribution in [1.29, 1.82) is 0 Å². The zero-order chi connectivity index (χ0) is 15.6. The maximum Gasteiger partial charge on any atom is 0.269 e. The molecule has 0 saturated heterocycles. The van der Waals surface area contributed by atoms with Crippen molar-refractivity contribution in [3.63, 3.8) is 0 Å². The highest BCUT2D eigenvalue weighted by atomic mass is 32.2. The summed E-state index contributed by atoms with van der Waals surface area (Å²) in [5.41, 5.74) is 0.202. The van der Waals surface area contributed by atoms with Crippen LogP contribution in [0.25, 0.3) is 0 Å². The molecule has 8 heteroatoms. The molecule has 1 aromatic rings. The Hall–Kier alpha value is -1.96. The van der Waals surface area contributed by atoms with Crippen molar-refractivity contribution in [2.24, 2.45) is 0 Å². The molecule has 1 aromatic heterocycles. The van der Waals surface area contributed by atoms with E-state index in [4.69, 9.17) is 0 Å². The Kier molecular flexibility index (Phi) is 4.49. The van der Waals surface area contributed by atoms with Gasteiger partial charge in [0, 0.05) is 13.2 Å². The zero-order valence-electron chi connectivity index (χ0n) is 11.7. The Balaban J connectivity index is 2.92. The summed E-state index contributed by atoms with van der Waals surface area (Å²) in [5.74, 6) is -1.17. The van der Waals surface area contributed by atoms with E-state index in [2.05, 4.69) is 10.3 Å². The van der Waals surface area contributed by atoms with Gasteiger partial charge in [0.05, 0.1) is 10.3 Å². The van der Waals surface area contributed by atoms with Gasteiger partial charge in [-0.3, -0.25) is 14.6 Å². The first-order chi connectivity index (χ1) is 9.08. The van der Waals surface area contributed by atoms with Crippen LogP contribution in [-0.4, -0.2) is 37.0 Å². The van der Waals surface area contributed by atoms with Gasteiger partial charge >= 0.3 is 0 Å². The van der Waals surface area contributed by atoms with Crippen molar-refractivity contribution in [1.82, 2.24) is 15.0 Å². The third-order valence-electron chi connectivity index (χ3n) is 2.52. The second kappa shape index (κ2) is 5.58. The summed E-state index contributed by atoms with van der Waals surface area (Å²) in [6.07, 6.45) is 1.15.